The van der Waals surface area contributed by atoms with Gasteiger partial charge in [0.15, 0.2) is 6.29 Å². The predicted octanol–water partition coefficient (Wildman–Crippen LogP) is 2.51. The number of carbonyl (C=O) groups excluding carboxylic acids is 1. The predicted molar refractivity (Wildman–Crippen MR) is 54.0 cm³/mol. The lowest BCUT2D eigenvalue weighted by atomic mass is 10.1. The Balaban J connectivity index is 2.49. The fourth-order valence-electron chi connectivity index (χ4n) is 1.16. The van der Waals surface area contributed by atoms with E-state index in [2.05, 4.69) is 5.16 Å². The molecule has 0 aliphatic rings. The van der Waals surface area contributed by atoms with Gasteiger partial charge in [0.2, 0.25) is 5.76 Å². The summed E-state index contributed by atoms with van der Waals surface area (Å²) >= 11 is 5.85. The molecule has 1 N–H and O–H groups in total. The molecule has 2 rings (SSSR count). The third-order valence-electron chi connectivity index (χ3n) is 1.91. The number of benzene rings is 1. The fraction of sp³-hybridized carbons (Fsp3) is 0. The molecule has 0 amide bonds. The molecule has 1 aromatic heterocycles. The van der Waals surface area contributed by atoms with Gasteiger partial charge in [-0.15, -0.1) is 0 Å². The first kappa shape index (κ1) is 9.73. The molecule has 0 aliphatic heterocycles. The third kappa shape index (κ3) is 1.71. The molecule has 0 saturated heterocycles. The normalized spacial score (nSPS) is 10.2. The summed E-state index contributed by atoms with van der Waals surface area (Å²) in [5, 5.41) is 12.9. The Morgan fingerprint density at radius 2 is 2.00 bits per heavy atom. The van der Waals surface area contributed by atoms with E-state index < -0.39 is 0 Å². The van der Waals surface area contributed by atoms with E-state index in [4.69, 9.17) is 21.2 Å². The van der Waals surface area contributed by atoms with Crippen LogP contribution in [0.5, 0.6) is 5.75 Å². The number of rotatable bonds is 2. The minimum Gasteiger partial charge on any atom is -0.508 e. The Kier molecular flexibility index (Phi) is 2.43. The minimum absolute atomic E-state index is 0.000239. The van der Waals surface area contributed by atoms with Gasteiger partial charge in [-0.3, -0.25) is 4.79 Å². The Hall–Kier alpha value is -1.81. The maximum Gasteiger partial charge on any atom is 0.218 e. The van der Waals surface area contributed by atoms with Crippen LogP contribution in [0.25, 0.3) is 11.3 Å². The summed E-state index contributed by atoms with van der Waals surface area (Å²) in [6.45, 7) is 0. The fourth-order valence-corrected chi connectivity index (χ4v) is 1.39. The van der Waals surface area contributed by atoms with E-state index in [1.807, 2.05) is 0 Å². The molecule has 0 fully saturated rings. The van der Waals surface area contributed by atoms with Crippen LogP contribution < -0.4 is 0 Å². The molecule has 0 bridgehead atoms. The van der Waals surface area contributed by atoms with E-state index in [1.54, 1.807) is 12.1 Å². The topological polar surface area (TPSA) is 63.3 Å². The highest BCUT2D eigenvalue weighted by Crippen LogP contribution is 2.29. The van der Waals surface area contributed by atoms with Crippen LogP contribution in [-0.4, -0.2) is 16.5 Å². The van der Waals surface area contributed by atoms with Gasteiger partial charge >= 0.3 is 0 Å². The summed E-state index contributed by atoms with van der Waals surface area (Å²) in [4.78, 5) is 10.5. The van der Waals surface area contributed by atoms with Crippen molar-refractivity contribution in [1.82, 2.24) is 5.16 Å². The lowest BCUT2D eigenvalue weighted by molar-refractivity contribution is 0.109. The van der Waals surface area contributed by atoms with E-state index in [0.717, 1.165) is 0 Å². The van der Waals surface area contributed by atoms with Gasteiger partial charge in [0.1, 0.15) is 16.5 Å². The van der Waals surface area contributed by atoms with Crippen molar-refractivity contribution in [2.24, 2.45) is 0 Å². The van der Waals surface area contributed by atoms with Gasteiger partial charge in [-0.2, -0.15) is 0 Å². The molecule has 1 heterocycles. The number of aldehydes is 1. The Labute approximate surface area is 90.1 Å². The summed E-state index contributed by atoms with van der Waals surface area (Å²) < 4.78 is 4.72. The van der Waals surface area contributed by atoms with E-state index in [-0.39, 0.29) is 16.5 Å². The van der Waals surface area contributed by atoms with Crippen molar-refractivity contribution >= 4 is 17.9 Å². The Morgan fingerprint density at radius 3 is 2.53 bits per heavy atom. The molecule has 1 aromatic carbocycles. The Bertz CT molecular complexity index is 490. The van der Waals surface area contributed by atoms with Gasteiger partial charge in [0.25, 0.3) is 0 Å². The van der Waals surface area contributed by atoms with Gasteiger partial charge in [-0.25, -0.2) is 0 Å². The van der Waals surface area contributed by atoms with Crippen LogP contribution in [-0.2, 0) is 0 Å². The van der Waals surface area contributed by atoms with Crippen LogP contribution in [0.15, 0.2) is 28.8 Å². The summed E-state index contributed by atoms with van der Waals surface area (Å²) in [6.07, 6.45) is 0.499. The molecule has 0 atom stereocenters. The molecular formula is C10H6ClNO3. The van der Waals surface area contributed by atoms with Gasteiger partial charge in [0, 0.05) is 5.56 Å². The van der Waals surface area contributed by atoms with Crippen molar-refractivity contribution in [3.05, 3.63) is 35.0 Å². The smallest absolute Gasteiger partial charge is 0.218 e. The molecule has 0 spiro atoms. The quantitative estimate of drug-likeness (QED) is 0.795. The lowest BCUT2D eigenvalue weighted by Gasteiger charge is -1.96. The average molecular weight is 224 g/mol. The highest BCUT2D eigenvalue weighted by Gasteiger charge is 2.14. The zero-order valence-corrected chi connectivity index (χ0v) is 8.23. The molecule has 4 nitrogen and oxygen atoms in total. The third-order valence-corrected chi connectivity index (χ3v) is 2.27. The van der Waals surface area contributed by atoms with Crippen LogP contribution in [0, 0.1) is 0 Å². The first-order chi connectivity index (χ1) is 7.22. The molecule has 5 heteroatoms. The van der Waals surface area contributed by atoms with Crippen LogP contribution in [0.2, 0.25) is 5.02 Å². The van der Waals surface area contributed by atoms with Gasteiger partial charge in [0.05, 0.1) is 0 Å². The minimum atomic E-state index is -0.000239. The zero-order chi connectivity index (χ0) is 10.8. The van der Waals surface area contributed by atoms with Crippen LogP contribution in [0.3, 0.4) is 0 Å². The van der Waals surface area contributed by atoms with Crippen molar-refractivity contribution in [2.45, 2.75) is 0 Å². The first-order valence-corrected chi connectivity index (χ1v) is 4.50. The van der Waals surface area contributed by atoms with Crippen LogP contribution in [0.4, 0.5) is 0 Å². The van der Waals surface area contributed by atoms with Crippen molar-refractivity contribution in [3.8, 4) is 17.0 Å². The van der Waals surface area contributed by atoms with Crippen molar-refractivity contribution in [1.29, 1.82) is 0 Å². The standard InChI is InChI=1S/C10H6ClNO3/c11-9-8(5-13)15-12-10(9)6-1-3-7(14)4-2-6/h1-5,14H. The second kappa shape index (κ2) is 3.74. The summed E-state index contributed by atoms with van der Waals surface area (Å²) in [5.74, 6) is 0.147. The van der Waals surface area contributed by atoms with Gasteiger partial charge in [-0.05, 0) is 24.3 Å². The molecule has 76 valence electrons. The molecule has 0 saturated carbocycles. The monoisotopic (exact) mass is 223 g/mol. The lowest BCUT2D eigenvalue weighted by Crippen LogP contribution is -1.78. The van der Waals surface area contributed by atoms with E-state index in [9.17, 15) is 4.79 Å². The molecule has 15 heavy (non-hydrogen) atoms. The second-order valence-electron chi connectivity index (χ2n) is 2.87. The highest BCUT2D eigenvalue weighted by molar-refractivity contribution is 6.35. The largest absolute Gasteiger partial charge is 0.508 e. The number of hydrogen-bond donors (Lipinski definition) is 1. The van der Waals surface area contributed by atoms with Crippen molar-refractivity contribution in [3.63, 3.8) is 0 Å². The molecule has 0 unspecified atom stereocenters. The summed E-state index contributed by atoms with van der Waals surface area (Å²) in [5.41, 5.74) is 1.06. The SMILES string of the molecule is O=Cc1onc(-c2ccc(O)cc2)c1Cl. The molecule has 2 aromatic rings. The van der Waals surface area contributed by atoms with Gasteiger partial charge < -0.3 is 9.63 Å². The Morgan fingerprint density at radius 1 is 1.33 bits per heavy atom. The zero-order valence-electron chi connectivity index (χ0n) is 7.48. The van der Waals surface area contributed by atoms with Crippen LogP contribution in [0.1, 0.15) is 10.6 Å². The molecular weight excluding hydrogens is 218 g/mol. The van der Waals surface area contributed by atoms with E-state index in [1.165, 1.54) is 12.1 Å². The van der Waals surface area contributed by atoms with E-state index in [0.29, 0.717) is 17.5 Å². The molecule has 0 radical (unpaired) electrons. The van der Waals surface area contributed by atoms with Crippen molar-refractivity contribution in [2.75, 3.05) is 0 Å². The number of aromatic nitrogens is 1. The van der Waals surface area contributed by atoms with Crippen molar-refractivity contribution < 1.29 is 14.4 Å². The summed E-state index contributed by atoms with van der Waals surface area (Å²) in [6, 6.07) is 6.27. The maximum absolute atomic E-state index is 10.5. The number of phenols is 1. The molecule has 0 aliphatic carbocycles. The number of halogens is 1. The van der Waals surface area contributed by atoms with Crippen LogP contribution >= 0.6 is 11.6 Å². The van der Waals surface area contributed by atoms with E-state index >= 15 is 0 Å². The number of hydrogen-bond acceptors (Lipinski definition) is 4. The number of carbonyl (C=O) groups is 1. The number of nitrogens with zero attached hydrogens (tertiary/aromatic N) is 1. The number of phenolic OH excluding ortho intramolecular Hbond substituents is 1. The first-order valence-electron chi connectivity index (χ1n) is 4.12. The number of aromatic hydroxyl groups is 1. The second-order valence-corrected chi connectivity index (χ2v) is 3.25. The van der Waals surface area contributed by atoms with Gasteiger partial charge in [-0.1, -0.05) is 16.8 Å². The maximum atomic E-state index is 10.5. The highest BCUT2D eigenvalue weighted by atomic mass is 35.5. The average Bonchev–Trinajstić information content (AvgIpc) is 2.61. The summed E-state index contributed by atoms with van der Waals surface area (Å²) in [7, 11) is 0.